The zero-order valence-electron chi connectivity index (χ0n) is 11.2. The highest BCUT2D eigenvalue weighted by Crippen LogP contribution is 2.24. The van der Waals surface area contributed by atoms with Gasteiger partial charge in [-0.3, -0.25) is 20.4 Å². The van der Waals surface area contributed by atoms with E-state index in [-0.39, 0.29) is 27.8 Å². The minimum absolute atomic E-state index is 0.0788. The van der Waals surface area contributed by atoms with Gasteiger partial charge in [0.15, 0.2) is 0 Å². The Kier molecular flexibility index (Phi) is 4.69. The summed E-state index contributed by atoms with van der Waals surface area (Å²) in [5.41, 5.74) is 16.5. The molecule has 1 aromatic heterocycles. The molecular weight excluding hydrogens is 309 g/mol. The number of halogens is 1. The molecule has 0 saturated carbocycles. The maximum absolute atomic E-state index is 13.4. The number of amidine groups is 1. The van der Waals surface area contributed by atoms with Crippen molar-refractivity contribution in [2.75, 3.05) is 11.2 Å². The summed E-state index contributed by atoms with van der Waals surface area (Å²) in [4.78, 5) is 25.9. The van der Waals surface area contributed by atoms with Crippen LogP contribution in [0, 0.1) is 5.82 Å². The number of carbonyl (C=O) groups excluding carboxylic acids is 2. The molecule has 0 radical (unpaired) electrons. The average Bonchev–Trinajstić information content (AvgIpc) is 2.88. The molecule has 2 amide bonds. The number of nitrogens with one attached hydrogen (secondary N) is 2. The molecule has 0 unspecified atom stereocenters. The Morgan fingerprint density at radius 3 is 2.77 bits per heavy atom. The minimum atomic E-state index is -0.523. The van der Waals surface area contributed by atoms with E-state index in [1.54, 1.807) is 6.07 Å². The van der Waals surface area contributed by atoms with Crippen molar-refractivity contribution in [2.24, 2.45) is 10.7 Å². The summed E-state index contributed by atoms with van der Waals surface area (Å²) in [7, 11) is 0. The van der Waals surface area contributed by atoms with Crippen molar-refractivity contribution in [3.05, 3.63) is 46.6 Å². The van der Waals surface area contributed by atoms with Crippen LogP contribution in [0.4, 0.5) is 15.1 Å². The second kappa shape index (κ2) is 6.68. The van der Waals surface area contributed by atoms with E-state index in [4.69, 9.17) is 11.5 Å². The summed E-state index contributed by atoms with van der Waals surface area (Å²) in [6.45, 7) is 0. The Bertz CT molecular complexity index is 744. The van der Waals surface area contributed by atoms with Crippen molar-refractivity contribution in [2.45, 2.75) is 0 Å². The Balaban J connectivity index is 2.11. The van der Waals surface area contributed by atoms with E-state index >= 15 is 0 Å². The fourth-order valence-electron chi connectivity index (χ4n) is 1.59. The van der Waals surface area contributed by atoms with Crippen molar-refractivity contribution in [1.82, 2.24) is 5.43 Å². The summed E-state index contributed by atoms with van der Waals surface area (Å²) < 4.78 is 13.4. The summed E-state index contributed by atoms with van der Waals surface area (Å²) in [5, 5.41) is 0.249. The second-order valence-electron chi connectivity index (χ2n) is 4.07. The topological polar surface area (TPSA) is 123 Å². The fraction of sp³-hybridized carbons (Fsp3) is 0. The number of hydrogen-bond acceptors (Lipinski definition) is 5. The van der Waals surface area contributed by atoms with Crippen LogP contribution in [-0.4, -0.2) is 18.2 Å². The molecule has 0 saturated heterocycles. The number of hydrogen-bond donors (Lipinski definition) is 4. The first kappa shape index (κ1) is 15.4. The Hall–Kier alpha value is -2.94. The SMILES string of the molecule is NC(=NC=O)c1cc(C(=O)NNc2ccccc2F)sc1N. The Labute approximate surface area is 128 Å². The number of aliphatic imine (C=N–C) groups is 1. The molecule has 0 fully saturated rings. The van der Waals surface area contributed by atoms with Crippen molar-refractivity contribution in [1.29, 1.82) is 0 Å². The second-order valence-corrected chi connectivity index (χ2v) is 5.15. The molecule has 0 aliphatic carbocycles. The van der Waals surface area contributed by atoms with Crippen LogP contribution in [0.5, 0.6) is 0 Å². The predicted octanol–water partition coefficient (Wildman–Crippen LogP) is 1.09. The van der Waals surface area contributed by atoms with E-state index in [0.29, 0.717) is 5.56 Å². The number of nitrogens with zero attached hydrogens (tertiary/aromatic N) is 1. The van der Waals surface area contributed by atoms with Gasteiger partial charge in [-0.15, -0.1) is 11.3 Å². The number of amides is 2. The van der Waals surface area contributed by atoms with Crippen molar-refractivity contribution >= 4 is 40.2 Å². The van der Waals surface area contributed by atoms with Crippen molar-refractivity contribution < 1.29 is 14.0 Å². The molecular formula is C13H12FN5O2S. The van der Waals surface area contributed by atoms with Crippen molar-refractivity contribution in [3.63, 3.8) is 0 Å². The van der Waals surface area contributed by atoms with Crippen LogP contribution in [0.2, 0.25) is 0 Å². The van der Waals surface area contributed by atoms with Gasteiger partial charge in [-0.1, -0.05) is 12.1 Å². The van der Waals surface area contributed by atoms with Gasteiger partial charge in [0.1, 0.15) is 11.7 Å². The minimum Gasteiger partial charge on any atom is -0.390 e. The molecule has 0 spiro atoms. The summed E-state index contributed by atoms with van der Waals surface area (Å²) in [5.74, 6) is -1.11. The molecule has 1 aromatic carbocycles. The first-order valence-corrected chi connectivity index (χ1v) is 6.82. The van der Waals surface area contributed by atoms with E-state index in [1.807, 2.05) is 0 Å². The van der Waals surface area contributed by atoms with Crippen LogP contribution >= 0.6 is 11.3 Å². The van der Waals surface area contributed by atoms with Gasteiger partial charge in [0.2, 0.25) is 6.41 Å². The third-order valence-electron chi connectivity index (χ3n) is 2.64. The molecule has 0 atom stereocenters. The molecule has 0 bridgehead atoms. The molecule has 9 heteroatoms. The monoisotopic (exact) mass is 321 g/mol. The number of carbonyl (C=O) groups is 2. The van der Waals surface area contributed by atoms with Crippen LogP contribution in [0.3, 0.4) is 0 Å². The highest BCUT2D eigenvalue weighted by atomic mass is 32.1. The smallest absolute Gasteiger partial charge is 0.279 e. The number of nitrogens with two attached hydrogens (primary N) is 2. The maximum Gasteiger partial charge on any atom is 0.279 e. The quantitative estimate of drug-likeness (QED) is 0.284. The van der Waals surface area contributed by atoms with Gasteiger partial charge < -0.3 is 11.5 Å². The number of rotatable bonds is 5. The van der Waals surface area contributed by atoms with Gasteiger partial charge in [0.25, 0.3) is 5.91 Å². The number of benzene rings is 1. The molecule has 22 heavy (non-hydrogen) atoms. The van der Waals surface area contributed by atoms with Gasteiger partial charge in [0.05, 0.1) is 21.1 Å². The number of hydrazine groups is 1. The summed E-state index contributed by atoms with van der Waals surface area (Å²) >= 11 is 0.971. The van der Waals surface area contributed by atoms with Crippen LogP contribution in [0.25, 0.3) is 0 Å². The maximum atomic E-state index is 13.4. The molecule has 2 aromatic rings. The molecule has 6 N–H and O–H groups in total. The van der Waals surface area contributed by atoms with Gasteiger partial charge in [-0.2, -0.15) is 4.99 Å². The lowest BCUT2D eigenvalue weighted by atomic mass is 10.2. The third kappa shape index (κ3) is 3.38. The molecule has 7 nitrogen and oxygen atoms in total. The lowest BCUT2D eigenvalue weighted by Crippen LogP contribution is -2.29. The molecule has 0 aliphatic rings. The molecule has 0 aliphatic heterocycles. The van der Waals surface area contributed by atoms with E-state index < -0.39 is 11.7 Å². The number of anilines is 2. The van der Waals surface area contributed by atoms with Crippen LogP contribution < -0.4 is 22.3 Å². The third-order valence-corrected chi connectivity index (χ3v) is 3.60. The molecule has 1 heterocycles. The number of nitrogen functional groups attached to an aromatic ring is 1. The van der Waals surface area contributed by atoms with E-state index in [1.165, 1.54) is 24.3 Å². The summed E-state index contributed by atoms with van der Waals surface area (Å²) in [6.07, 6.45) is 0.284. The van der Waals surface area contributed by atoms with Gasteiger partial charge in [0, 0.05) is 0 Å². The number of para-hydroxylation sites is 1. The van der Waals surface area contributed by atoms with E-state index in [9.17, 15) is 14.0 Å². The number of thiophene rings is 1. The van der Waals surface area contributed by atoms with Gasteiger partial charge in [-0.25, -0.2) is 4.39 Å². The molecule has 114 valence electrons. The van der Waals surface area contributed by atoms with Crippen LogP contribution in [0.1, 0.15) is 15.2 Å². The van der Waals surface area contributed by atoms with Crippen LogP contribution in [-0.2, 0) is 4.79 Å². The zero-order valence-corrected chi connectivity index (χ0v) is 12.0. The first-order chi connectivity index (χ1) is 10.5. The van der Waals surface area contributed by atoms with E-state index in [2.05, 4.69) is 15.8 Å². The van der Waals surface area contributed by atoms with Crippen LogP contribution in [0.15, 0.2) is 35.3 Å². The predicted molar refractivity (Wildman–Crippen MR) is 83.0 cm³/mol. The van der Waals surface area contributed by atoms with Gasteiger partial charge in [-0.05, 0) is 18.2 Å². The van der Waals surface area contributed by atoms with Crippen molar-refractivity contribution in [3.8, 4) is 0 Å². The van der Waals surface area contributed by atoms with E-state index in [0.717, 1.165) is 11.3 Å². The largest absolute Gasteiger partial charge is 0.390 e. The Morgan fingerprint density at radius 1 is 1.36 bits per heavy atom. The average molecular weight is 321 g/mol. The summed E-state index contributed by atoms with van der Waals surface area (Å²) in [6, 6.07) is 7.28. The lowest BCUT2D eigenvalue weighted by molar-refractivity contribution is -0.106. The first-order valence-electron chi connectivity index (χ1n) is 6.00. The highest BCUT2D eigenvalue weighted by molar-refractivity contribution is 7.18. The molecule has 2 rings (SSSR count). The fourth-order valence-corrected chi connectivity index (χ4v) is 2.42. The zero-order chi connectivity index (χ0) is 16.1. The highest BCUT2D eigenvalue weighted by Gasteiger charge is 2.15. The normalized spacial score (nSPS) is 11.0. The standard InChI is InChI=1S/C13H12FN5O2S/c14-8-3-1-2-4-9(8)18-19-13(21)10-5-7(12(16)22-10)11(15)17-6-20/h1-6,18H,16H2,(H,19,21)(H2,15,17,20). The van der Waals surface area contributed by atoms with Gasteiger partial charge >= 0.3 is 0 Å². The lowest BCUT2D eigenvalue weighted by Gasteiger charge is -2.07. The Morgan fingerprint density at radius 2 is 2.09 bits per heavy atom.